The second-order valence-electron chi connectivity index (χ2n) is 18.6. The Morgan fingerprint density at radius 1 is 0.273 bits per heavy atom. The number of hydrogen-bond donors (Lipinski definition) is 0. The molecule has 2 aliphatic rings. The maximum Gasteiger partial charge on any atom is 0.0465 e. The van der Waals surface area contributed by atoms with Crippen molar-refractivity contribution < 1.29 is 0 Å². The van der Waals surface area contributed by atoms with Crippen LogP contribution < -0.4 is 4.90 Å². The quantitative estimate of drug-likeness (QED) is 0.147. The topological polar surface area (TPSA) is 3.24 Å². The first kappa shape index (κ1) is 39.6. The molecule has 0 radical (unpaired) electrons. The van der Waals surface area contributed by atoms with E-state index in [-0.39, 0.29) is 10.8 Å². The number of hydrogen-bond acceptors (Lipinski definition) is 1. The molecule has 0 aliphatic heterocycles. The van der Waals surface area contributed by atoms with E-state index in [9.17, 15) is 0 Å². The van der Waals surface area contributed by atoms with Gasteiger partial charge >= 0.3 is 0 Å². The van der Waals surface area contributed by atoms with Crippen LogP contribution >= 0.6 is 0 Å². The zero-order chi connectivity index (χ0) is 44.4. The molecule has 12 rings (SSSR count). The minimum atomic E-state index is -0.316. The number of anilines is 3. The monoisotopic (exact) mass is 843 g/mol. The van der Waals surface area contributed by atoms with E-state index in [2.05, 4.69) is 268 Å². The number of benzene rings is 10. The van der Waals surface area contributed by atoms with Crippen LogP contribution in [0.4, 0.5) is 17.1 Å². The van der Waals surface area contributed by atoms with E-state index in [0.29, 0.717) is 0 Å². The van der Waals surface area contributed by atoms with Gasteiger partial charge in [0.25, 0.3) is 0 Å². The molecule has 1 atom stereocenters. The Morgan fingerprint density at radius 2 is 0.682 bits per heavy atom. The smallest absolute Gasteiger partial charge is 0.0465 e. The number of fused-ring (bicyclic) bond motifs is 6. The van der Waals surface area contributed by atoms with E-state index in [0.717, 1.165) is 17.1 Å². The number of rotatable bonds is 8. The molecule has 0 aromatic heterocycles. The highest BCUT2D eigenvalue weighted by molar-refractivity contribution is 5.91. The van der Waals surface area contributed by atoms with Gasteiger partial charge in [0.2, 0.25) is 0 Å². The standard InChI is InChI=1S/C65H49N/c1-64(2)60-27-14-12-24-57(60)59-26-16-25-55(63(59)64)48-35-39-51(40-36-48)66(52-41-42-58-56-23-13-15-28-61(56)65(3,62(58)43-52)49-19-8-5-9-20-49)50-37-33-47(34-38-50)54-22-11-10-21-53(54)46-31-29-45(30-32-46)44-17-6-4-7-18-44/h4-43H,1-3H3. The Morgan fingerprint density at radius 3 is 1.30 bits per heavy atom. The summed E-state index contributed by atoms with van der Waals surface area (Å²) in [7, 11) is 0. The zero-order valence-corrected chi connectivity index (χ0v) is 37.5. The van der Waals surface area contributed by atoms with E-state index in [1.165, 1.54) is 94.6 Å². The molecule has 2 aliphatic carbocycles. The molecule has 1 heteroatoms. The molecule has 10 aromatic rings. The van der Waals surface area contributed by atoms with Gasteiger partial charge in [-0.3, -0.25) is 0 Å². The zero-order valence-electron chi connectivity index (χ0n) is 37.5. The summed E-state index contributed by atoms with van der Waals surface area (Å²) in [6.07, 6.45) is 0. The summed E-state index contributed by atoms with van der Waals surface area (Å²) in [5.74, 6) is 0. The summed E-state index contributed by atoms with van der Waals surface area (Å²) in [6.45, 7) is 7.14. The number of nitrogens with zero attached hydrogens (tertiary/aromatic N) is 1. The van der Waals surface area contributed by atoms with Crippen LogP contribution in [0.1, 0.15) is 48.6 Å². The first-order valence-electron chi connectivity index (χ1n) is 23.2. The van der Waals surface area contributed by atoms with Gasteiger partial charge in [0, 0.05) is 27.9 Å². The fraction of sp³-hybridized carbons (Fsp3) is 0.0769. The third-order valence-corrected chi connectivity index (χ3v) is 14.6. The van der Waals surface area contributed by atoms with Gasteiger partial charge in [-0.25, -0.2) is 0 Å². The van der Waals surface area contributed by atoms with E-state index in [1.807, 2.05) is 0 Å². The minimum absolute atomic E-state index is 0.105. The van der Waals surface area contributed by atoms with Gasteiger partial charge < -0.3 is 4.90 Å². The second-order valence-corrected chi connectivity index (χ2v) is 18.6. The highest BCUT2D eigenvalue weighted by Crippen LogP contribution is 2.55. The lowest BCUT2D eigenvalue weighted by molar-refractivity contribution is 0.662. The predicted molar refractivity (Wildman–Crippen MR) is 278 cm³/mol. The molecule has 0 saturated heterocycles. The van der Waals surface area contributed by atoms with Crippen molar-refractivity contribution in [3.05, 3.63) is 270 Å². The largest absolute Gasteiger partial charge is 0.310 e. The summed E-state index contributed by atoms with van der Waals surface area (Å²) in [5, 5.41) is 0. The molecular formula is C65H49N. The van der Waals surface area contributed by atoms with Crippen LogP contribution in [-0.2, 0) is 10.8 Å². The molecule has 0 N–H and O–H groups in total. The van der Waals surface area contributed by atoms with Gasteiger partial charge in [-0.2, -0.15) is 0 Å². The van der Waals surface area contributed by atoms with Gasteiger partial charge in [-0.1, -0.05) is 220 Å². The highest BCUT2D eigenvalue weighted by atomic mass is 15.1. The van der Waals surface area contributed by atoms with Gasteiger partial charge in [0.1, 0.15) is 0 Å². The minimum Gasteiger partial charge on any atom is -0.310 e. The summed E-state index contributed by atoms with van der Waals surface area (Å²) in [4.78, 5) is 2.44. The van der Waals surface area contributed by atoms with E-state index >= 15 is 0 Å². The first-order chi connectivity index (χ1) is 32.4. The first-order valence-corrected chi connectivity index (χ1v) is 23.2. The molecule has 1 unspecified atom stereocenters. The fourth-order valence-electron chi connectivity index (χ4n) is 11.3. The average Bonchev–Trinajstić information content (AvgIpc) is 3.79. The van der Waals surface area contributed by atoms with Crippen LogP contribution in [0.5, 0.6) is 0 Å². The van der Waals surface area contributed by atoms with Crippen LogP contribution in [0.3, 0.4) is 0 Å². The second kappa shape index (κ2) is 15.6. The van der Waals surface area contributed by atoms with E-state index < -0.39 is 0 Å². The van der Waals surface area contributed by atoms with Crippen LogP contribution in [-0.4, -0.2) is 0 Å². The van der Waals surface area contributed by atoms with Crippen molar-refractivity contribution in [1.29, 1.82) is 0 Å². The Bertz CT molecular complexity index is 3420. The third-order valence-electron chi connectivity index (χ3n) is 14.6. The predicted octanol–water partition coefficient (Wildman–Crippen LogP) is 17.5. The lowest BCUT2D eigenvalue weighted by Gasteiger charge is -2.31. The summed E-state index contributed by atoms with van der Waals surface area (Å²) in [6, 6.07) is 89.5. The maximum atomic E-state index is 2.45. The molecule has 0 fully saturated rings. The summed E-state index contributed by atoms with van der Waals surface area (Å²) < 4.78 is 0. The van der Waals surface area contributed by atoms with Crippen LogP contribution in [0.2, 0.25) is 0 Å². The van der Waals surface area contributed by atoms with Crippen LogP contribution in [0.15, 0.2) is 243 Å². The van der Waals surface area contributed by atoms with Crippen LogP contribution in [0, 0.1) is 0 Å². The van der Waals surface area contributed by atoms with Gasteiger partial charge in [-0.05, 0) is 138 Å². The lowest BCUT2D eigenvalue weighted by Crippen LogP contribution is -2.22. The van der Waals surface area contributed by atoms with Crippen molar-refractivity contribution in [1.82, 2.24) is 0 Å². The fourth-order valence-corrected chi connectivity index (χ4v) is 11.3. The van der Waals surface area contributed by atoms with Gasteiger partial charge in [0.05, 0.1) is 0 Å². The molecular weight excluding hydrogens is 795 g/mol. The van der Waals surface area contributed by atoms with Crippen molar-refractivity contribution in [3.8, 4) is 66.8 Å². The summed E-state index contributed by atoms with van der Waals surface area (Å²) in [5.41, 5.74) is 24.7. The van der Waals surface area contributed by atoms with Crippen molar-refractivity contribution >= 4 is 17.1 Å². The van der Waals surface area contributed by atoms with E-state index in [1.54, 1.807) is 0 Å². The van der Waals surface area contributed by atoms with Gasteiger partial charge in [-0.15, -0.1) is 0 Å². The van der Waals surface area contributed by atoms with E-state index in [4.69, 9.17) is 0 Å². The highest BCUT2D eigenvalue weighted by Gasteiger charge is 2.41. The molecule has 0 saturated carbocycles. The Kier molecular flexibility index (Phi) is 9.36. The summed E-state index contributed by atoms with van der Waals surface area (Å²) >= 11 is 0. The van der Waals surface area contributed by atoms with Crippen molar-refractivity contribution in [3.63, 3.8) is 0 Å². The Hall–Kier alpha value is -8.00. The Labute approximate surface area is 389 Å². The third kappa shape index (κ3) is 6.30. The molecule has 10 aromatic carbocycles. The normalized spacial score (nSPS) is 15.1. The molecule has 1 nitrogen and oxygen atoms in total. The van der Waals surface area contributed by atoms with Crippen LogP contribution in [0.25, 0.3) is 66.8 Å². The maximum absolute atomic E-state index is 2.45. The molecule has 0 amide bonds. The molecule has 0 bridgehead atoms. The molecule has 314 valence electrons. The SMILES string of the molecule is CC1(C)c2ccccc2-c2cccc(-c3ccc(N(c4ccc(-c5ccccc5-c5ccc(-c6ccccc6)cc5)cc4)c4ccc5c(c4)C(C)(c4ccccc4)c4ccccc4-5)cc3)c21. The molecule has 66 heavy (non-hydrogen) atoms. The molecule has 0 spiro atoms. The van der Waals surface area contributed by atoms with Gasteiger partial charge in [0.15, 0.2) is 0 Å². The van der Waals surface area contributed by atoms with Crippen molar-refractivity contribution in [2.45, 2.75) is 31.6 Å². The van der Waals surface area contributed by atoms with Crippen molar-refractivity contribution in [2.75, 3.05) is 4.90 Å². The molecule has 0 heterocycles. The van der Waals surface area contributed by atoms with Crippen molar-refractivity contribution in [2.24, 2.45) is 0 Å². The lowest BCUT2D eigenvalue weighted by atomic mass is 9.74. The average molecular weight is 844 g/mol. The Balaban J connectivity index is 0.966.